The van der Waals surface area contributed by atoms with Gasteiger partial charge in [-0.25, -0.2) is 0 Å². The van der Waals surface area contributed by atoms with Crippen molar-refractivity contribution in [2.24, 2.45) is 0 Å². The number of aryl methyl sites for hydroxylation is 1. The van der Waals surface area contributed by atoms with Gasteiger partial charge in [-0.05, 0) is 24.6 Å². The molecule has 0 aliphatic heterocycles. The number of hydrogen-bond donors (Lipinski definition) is 0. The Kier molecular flexibility index (Phi) is 4.63. The summed E-state index contributed by atoms with van der Waals surface area (Å²) in [7, 11) is 0. The second-order valence-corrected chi connectivity index (χ2v) is 3.87. The largest absolute Gasteiger partial charge is 0.423 e. The third-order valence-corrected chi connectivity index (χ3v) is 1.92. The minimum absolute atomic E-state index is 0.0268. The number of carbonyl (C=O) groups excluding carboxylic acids is 3. The average Bonchev–Trinajstić information content (AvgIpc) is 2.20. The molecule has 0 amide bonds. The number of ether oxygens (including phenoxy) is 3. The van der Waals surface area contributed by atoms with Gasteiger partial charge in [-0.15, -0.1) is 0 Å². The van der Waals surface area contributed by atoms with Gasteiger partial charge in [-0.2, -0.15) is 0 Å². The summed E-state index contributed by atoms with van der Waals surface area (Å²) in [4.78, 5) is 33.1. The van der Waals surface area contributed by atoms with Crippen LogP contribution in [0.1, 0.15) is 26.3 Å². The first-order valence-corrected chi connectivity index (χ1v) is 5.49. The Bertz CT molecular complexity index is 495. The molecule has 0 atom stereocenters. The summed E-state index contributed by atoms with van der Waals surface area (Å²) in [6.07, 6.45) is 0. The Balaban J connectivity index is 3.33. The maximum absolute atomic E-state index is 11.1. The van der Waals surface area contributed by atoms with Crippen molar-refractivity contribution in [2.45, 2.75) is 27.7 Å². The van der Waals surface area contributed by atoms with E-state index >= 15 is 0 Å². The maximum atomic E-state index is 11.1. The highest BCUT2D eigenvalue weighted by Crippen LogP contribution is 2.39. The number of hydrogen-bond acceptors (Lipinski definition) is 6. The molecule has 1 rings (SSSR count). The van der Waals surface area contributed by atoms with Crippen LogP contribution in [-0.2, 0) is 14.4 Å². The molecule has 0 N–H and O–H groups in total. The van der Waals surface area contributed by atoms with Crippen molar-refractivity contribution >= 4 is 17.9 Å². The van der Waals surface area contributed by atoms with Gasteiger partial charge in [-0.1, -0.05) is 0 Å². The quantitative estimate of drug-likeness (QED) is 0.612. The van der Waals surface area contributed by atoms with Crippen molar-refractivity contribution in [3.63, 3.8) is 0 Å². The second-order valence-electron chi connectivity index (χ2n) is 3.87. The van der Waals surface area contributed by atoms with Gasteiger partial charge < -0.3 is 14.2 Å². The van der Waals surface area contributed by atoms with Crippen LogP contribution < -0.4 is 14.2 Å². The zero-order chi connectivity index (χ0) is 14.6. The number of esters is 3. The SMILES string of the molecule is CC(=O)Oc1cc(C)cc(OC(C)=O)c1OC(C)=O. The van der Waals surface area contributed by atoms with Crippen LogP contribution in [0.15, 0.2) is 12.1 Å². The van der Waals surface area contributed by atoms with Gasteiger partial charge in [0.1, 0.15) is 0 Å². The monoisotopic (exact) mass is 266 g/mol. The molecule has 0 unspecified atom stereocenters. The van der Waals surface area contributed by atoms with Crippen LogP contribution in [0.25, 0.3) is 0 Å². The van der Waals surface area contributed by atoms with Crippen molar-refractivity contribution in [3.05, 3.63) is 17.7 Å². The third kappa shape index (κ3) is 4.42. The Morgan fingerprint density at radius 3 is 1.47 bits per heavy atom. The van der Waals surface area contributed by atoms with Gasteiger partial charge in [0.2, 0.25) is 5.75 Å². The first-order valence-electron chi connectivity index (χ1n) is 5.49. The first kappa shape index (κ1) is 14.7. The van der Waals surface area contributed by atoms with Crippen LogP contribution in [0.4, 0.5) is 0 Å². The van der Waals surface area contributed by atoms with Gasteiger partial charge in [0.05, 0.1) is 0 Å². The van der Waals surface area contributed by atoms with E-state index in [2.05, 4.69) is 0 Å². The van der Waals surface area contributed by atoms with E-state index in [4.69, 9.17) is 14.2 Å². The third-order valence-electron chi connectivity index (χ3n) is 1.92. The van der Waals surface area contributed by atoms with Gasteiger partial charge >= 0.3 is 17.9 Å². The minimum atomic E-state index is -0.620. The highest BCUT2D eigenvalue weighted by molar-refractivity contribution is 5.77. The van der Waals surface area contributed by atoms with Crippen LogP contribution >= 0.6 is 0 Å². The van der Waals surface area contributed by atoms with E-state index in [1.807, 2.05) is 0 Å². The Morgan fingerprint density at radius 2 is 1.16 bits per heavy atom. The van der Waals surface area contributed by atoms with Gasteiger partial charge in [0, 0.05) is 20.8 Å². The summed E-state index contributed by atoms with van der Waals surface area (Å²) in [5.41, 5.74) is 0.684. The molecular formula is C13H14O6. The average molecular weight is 266 g/mol. The van der Waals surface area contributed by atoms with Crippen LogP contribution in [0.3, 0.4) is 0 Å². The normalized spacial score (nSPS) is 9.68. The van der Waals surface area contributed by atoms with E-state index in [0.717, 1.165) is 0 Å². The van der Waals surface area contributed by atoms with Crippen molar-refractivity contribution in [1.82, 2.24) is 0 Å². The highest BCUT2D eigenvalue weighted by atomic mass is 16.6. The molecule has 0 aliphatic carbocycles. The molecule has 6 nitrogen and oxygen atoms in total. The zero-order valence-electron chi connectivity index (χ0n) is 11.1. The minimum Gasteiger partial charge on any atom is -0.423 e. The molecule has 0 aliphatic rings. The number of benzene rings is 1. The predicted molar refractivity (Wildman–Crippen MR) is 65.1 cm³/mol. The summed E-state index contributed by atoms with van der Waals surface area (Å²) in [5.74, 6) is -1.81. The molecule has 6 heteroatoms. The van der Waals surface area contributed by atoms with E-state index in [0.29, 0.717) is 5.56 Å². The molecule has 1 aromatic carbocycles. The van der Waals surface area contributed by atoms with Crippen molar-refractivity contribution in [1.29, 1.82) is 0 Å². The van der Waals surface area contributed by atoms with Crippen LogP contribution in [0, 0.1) is 6.92 Å². The van der Waals surface area contributed by atoms with Gasteiger partial charge in [0.15, 0.2) is 11.5 Å². The lowest BCUT2D eigenvalue weighted by Crippen LogP contribution is -2.10. The molecule has 0 heterocycles. The summed E-state index contributed by atoms with van der Waals surface area (Å²) in [5, 5.41) is 0. The predicted octanol–water partition coefficient (Wildman–Crippen LogP) is 1.77. The smallest absolute Gasteiger partial charge is 0.308 e. The van der Waals surface area contributed by atoms with Crippen LogP contribution in [0.2, 0.25) is 0 Å². The van der Waals surface area contributed by atoms with E-state index < -0.39 is 17.9 Å². The lowest BCUT2D eigenvalue weighted by Gasteiger charge is -2.13. The summed E-state index contributed by atoms with van der Waals surface area (Å²) in [6.45, 7) is 5.34. The molecule has 0 bridgehead atoms. The van der Waals surface area contributed by atoms with E-state index in [-0.39, 0.29) is 17.2 Å². The molecule has 102 valence electrons. The van der Waals surface area contributed by atoms with E-state index in [1.165, 1.54) is 32.9 Å². The molecule has 0 radical (unpaired) electrons. The lowest BCUT2D eigenvalue weighted by atomic mass is 10.2. The molecule has 0 fully saturated rings. The maximum Gasteiger partial charge on any atom is 0.308 e. The standard InChI is InChI=1S/C13H14O6/c1-7-5-11(17-8(2)14)13(19-10(4)16)12(6-7)18-9(3)15/h5-6H,1-4H3. The number of carbonyl (C=O) groups is 3. The van der Waals surface area contributed by atoms with Crippen molar-refractivity contribution < 1.29 is 28.6 Å². The molecule has 1 aromatic rings. The van der Waals surface area contributed by atoms with E-state index in [1.54, 1.807) is 6.92 Å². The van der Waals surface area contributed by atoms with Crippen molar-refractivity contribution in [3.8, 4) is 17.2 Å². The van der Waals surface area contributed by atoms with E-state index in [9.17, 15) is 14.4 Å². The summed E-state index contributed by atoms with van der Waals surface area (Å²) < 4.78 is 14.8. The highest BCUT2D eigenvalue weighted by Gasteiger charge is 2.18. The number of rotatable bonds is 3. The molecule has 0 saturated carbocycles. The van der Waals surface area contributed by atoms with Crippen LogP contribution in [-0.4, -0.2) is 17.9 Å². The molecular weight excluding hydrogens is 252 g/mol. The summed E-state index contributed by atoms with van der Waals surface area (Å²) >= 11 is 0. The Hall–Kier alpha value is -2.37. The lowest BCUT2D eigenvalue weighted by molar-refractivity contribution is -0.135. The first-order chi connectivity index (χ1) is 8.79. The topological polar surface area (TPSA) is 78.9 Å². The molecule has 19 heavy (non-hydrogen) atoms. The Labute approximate surface area is 110 Å². The second kappa shape index (κ2) is 5.99. The summed E-state index contributed by atoms with van der Waals surface area (Å²) in [6, 6.07) is 3.01. The molecule has 0 saturated heterocycles. The van der Waals surface area contributed by atoms with Crippen LogP contribution in [0.5, 0.6) is 17.2 Å². The fraction of sp³-hybridized carbons (Fsp3) is 0.308. The molecule has 0 aromatic heterocycles. The van der Waals surface area contributed by atoms with Crippen molar-refractivity contribution in [2.75, 3.05) is 0 Å². The van der Waals surface area contributed by atoms with Gasteiger partial charge in [0.25, 0.3) is 0 Å². The zero-order valence-corrected chi connectivity index (χ0v) is 11.1. The fourth-order valence-electron chi connectivity index (χ4n) is 1.41. The molecule has 0 spiro atoms. The van der Waals surface area contributed by atoms with Gasteiger partial charge in [-0.3, -0.25) is 14.4 Å². The Morgan fingerprint density at radius 1 is 0.789 bits per heavy atom. The fourth-order valence-corrected chi connectivity index (χ4v) is 1.41.